The van der Waals surface area contributed by atoms with E-state index in [0.717, 1.165) is 0 Å². The Morgan fingerprint density at radius 1 is 1.50 bits per heavy atom. The number of rotatable bonds is 2. The van der Waals surface area contributed by atoms with Gasteiger partial charge in [-0.2, -0.15) is 0 Å². The minimum absolute atomic E-state index is 0. The van der Waals surface area contributed by atoms with Crippen LogP contribution >= 0.6 is 17.0 Å². The molecule has 5 heteroatoms. The van der Waals surface area contributed by atoms with E-state index in [0.29, 0.717) is 6.54 Å². The van der Waals surface area contributed by atoms with E-state index in [1.165, 1.54) is 0 Å². The van der Waals surface area contributed by atoms with Gasteiger partial charge in [-0.3, -0.25) is 4.99 Å². The van der Waals surface area contributed by atoms with Crippen molar-refractivity contribution in [3.05, 3.63) is 0 Å². The minimum Gasteiger partial charge on any atom is -0.394 e. The number of hydrogen-bond acceptors (Lipinski definition) is 2. The molecule has 0 spiro atoms. The lowest BCUT2D eigenvalue weighted by atomic mass is 10.7. The standard InChI is InChI=1S/C3H9N3O.BrH/c4-3(5)6-1-2-7;/h7H,1-2H2,(H4,4,5,6);1H. The molecule has 0 aromatic heterocycles. The number of nitrogens with two attached hydrogens (primary N) is 2. The van der Waals surface area contributed by atoms with Gasteiger partial charge in [-0.05, 0) is 0 Å². The third kappa shape index (κ3) is 9.20. The van der Waals surface area contributed by atoms with Crippen molar-refractivity contribution in [1.29, 1.82) is 0 Å². The van der Waals surface area contributed by atoms with Gasteiger partial charge in [0.2, 0.25) is 0 Å². The van der Waals surface area contributed by atoms with Crippen LogP contribution in [0.15, 0.2) is 4.99 Å². The van der Waals surface area contributed by atoms with Crippen molar-refractivity contribution >= 4 is 22.9 Å². The number of guanidine groups is 1. The van der Waals surface area contributed by atoms with E-state index >= 15 is 0 Å². The molecule has 4 nitrogen and oxygen atoms in total. The lowest BCUT2D eigenvalue weighted by molar-refractivity contribution is 0.307. The maximum atomic E-state index is 8.10. The third-order valence-electron chi connectivity index (χ3n) is 0.394. The summed E-state index contributed by atoms with van der Waals surface area (Å²) in [6.07, 6.45) is 0. The predicted octanol–water partition coefficient (Wildman–Crippen LogP) is -1.17. The molecule has 0 aliphatic rings. The average Bonchev–Trinajstić information content (AvgIpc) is 1.61. The topological polar surface area (TPSA) is 84.6 Å². The van der Waals surface area contributed by atoms with Gasteiger partial charge >= 0.3 is 0 Å². The molecule has 8 heavy (non-hydrogen) atoms. The first kappa shape index (κ1) is 10.6. The van der Waals surface area contributed by atoms with Gasteiger partial charge in [0, 0.05) is 0 Å². The van der Waals surface area contributed by atoms with E-state index in [-0.39, 0.29) is 29.5 Å². The molecule has 0 rings (SSSR count). The zero-order valence-corrected chi connectivity index (χ0v) is 6.08. The van der Waals surface area contributed by atoms with Crippen LogP contribution in [0.4, 0.5) is 0 Å². The Kier molecular flexibility index (Phi) is 8.93. The molecule has 0 heterocycles. The van der Waals surface area contributed by atoms with Gasteiger partial charge in [0.05, 0.1) is 13.2 Å². The quantitative estimate of drug-likeness (QED) is 0.373. The average molecular weight is 184 g/mol. The maximum absolute atomic E-state index is 8.10. The van der Waals surface area contributed by atoms with E-state index < -0.39 is 0 Å². The third-order valence-corrected chi connectivity index (χ3v) is 0.394. The van der Waals surface area contributed by atoms with E-state index in [1.54, 1.807) is 0 Å². The molecule has 0 bridgehead atoms. The first-order valence-electron chi connectivity index (χ1n) is 1.93. The summed E-state index contributed by atoms with van der Waals surface area (Å²) in [4.78, 5) is 3.47. The second-order valence-corrected chi connectivity index (χ2v) is 1.03. The smallest absolute Gasteiger partial charge is 0.185 e. The van der Waals surface area contributed by atoms with Crippen LogP contribution < -0.4 is 11.5 Å². The molecule has 0 unspecified atom stereocenters. The summed E-state index contributed by atoms with van der Waals surface area (Å²) in [5.41, 5.74) is 9.79. The highest BCUT2D eigenvalue weighted by Crippen LogP contribution is 1.61. The van der Waals surface area contributed by atoms with Crippen LogP contribution in [0.2, 0.25) is 0 Å². The van der Waals surface area contributed by atoms with Crippen LogP contribution in [-0.4, -0.2) is 24.2 Å². The van der Waals surface area contributed by atoms with Crippen LogP contribution in [0.1, 0.15) is 0 Å². The lowest BCUT2D eigenvalue weighted by Gasteiger charge is -1.86. The highest BCUT2D eigenvalue weighted by atomic mass is 79.9. The lowest BCUT2D eigenvalue weighted by Crippen LogP contribution is -2.23. The molecule has 50 valence electrons. The summed E-state index contributed by atoms with van der Waals surface area (Å²) < 4.78 is 0. The molecule has 0 saturated carbocycles. The Morgan fingerprint density at radius 2 is 2.00 bits per heavy atom. The van der Waals surface area contributed by atoms with Crippen molar-refractivity contribution in [3.63, 3.8) is 0 Å². The van der Waals surface area contributed by atoms with Crippen LogP contribution in [0, 0.1) is 0 Å². The molecule has 0 aliphatic carbocycles. The van der Waals surface area contributed by atoms with Crippen LogP contribution in [-0.2, 0) is 0 Å². The normalized spacial score (nSPS) is 7.12. The number of aliphatic hydroxyl groups is 1. The van der Waals surface area contributed by atoms with E-state index in [4.69, 9.17) is 16.6 Å². The summed E-state index contributed by atoms with van der Waals surface area (Å²) in [6.45, 7) is 0.292. The van der Waals surface area contributed by atoms with Crippen LogP contribution in [0.25, 0.3) is 0 Å². The monoisotopic (exact) mass is 183 g/mol. The molecule has 0 fully saturated rings. The molecular weight excluding hydrogens is 174 g/mol. The zero-order chi connectivity index (χ0) is 5.70. The highest BCUT2D eigenvalue weighted by molar-refractivity contribution is 8.93. The molecule has 0 radical (unpaired) electrons. The summed E-state index contributed by atoms with van der Waals surface area (Å²) in [6, 6.07) is 0. The Labute approximate surface area is 58.4 Å². The minimum atomic E-state index is -0.00208. The van der Waals surface area contributed by atoms with Gasteiger partial charge in [-0.25, -0.2) is 0 Å². The van der Waals surface area contributed by atoms with Gasteiger partial charge in [0.25, 0.3) is 0 Å². The Bertz CT molecular complexity index is 70.9. The molecule has 5 N–H and O–H groups in total. The van der Waals surface area contributed by atoms with E-state index in [1.807, 2.05) is 0 Å². The first-order valence-corrected chi connectivity index (χ1v) is 1.93. The number of aliphatic hydroxyl groups excluding tert-OH is 1. The number of halogens is 1. The van der Waals surface area contributed by atoms with Crippen LogP contribution in [0.5, 0.6) is 0 Å². The summed E-state index contributed by atoms with van der Waals surface area (Å²) >= 11 is 0. The SMILES string of the molecule is Br.NC(N)=NCCO. The fourth-order valence-electron chi connectivity index (χ4n) is 0.179. The second-order valence-electron chi connectivity index (χ2n) is 1.03. The van der Waals surface area contributed by atoms with Gasteiger partial charge < -0.3 is 16.6 Å². The fraction of sp³-hybridized carbons (Fsp3) is 0.667. The molecular formula is C3H10BrN3O. The number of aliphatic imine (C=N–C) groups is 1. The molecule has 0 amide bonds. The number of nitrogens with zero attached hydrogens (tertiary/aromatic N) is 1. The first-order chi connectivity index (χ1) is 3.27. The van der Waals surface area contributed by atoms with Gasteiger partial charge in [0.1, 0.15) is 0 Å². The molecule has 0 aromatic rings. The Hall–Kier alpha value is -0.290. The fourth-order valence-corrected chi connectivity index (χ4v) is 0.179. The van der Waals surface area contributed by atoms with Crippen molar-refractivity contribution in [2.75, 3.05) is 13.2 Å². The zero-order valence-electron chi connectivity index (χ0n) is 4.37. The summed E-state index contributed by atoms with van der Waals surface area (Å²) in [5.74, 6) is 0.0223. The second kappa shape index (κ2) is 6.71. The molecule has 0 aliphatic heterocycles. The Balaban J connectivity index is 0. The van der Waals surface area contributed by atoms with Crippen molar-refractivity contribution in [2.45, 2.75) is 0 Å². The van der Waals surface area contributed by atoms with Crippen molar-refractivity contribution < 1.29 is 5.11 Å². The number of hydrogen-bond donors (Lipinski definition) is 3. The highest BCUT2D eigenvalue weighted by Gasteiger charge is 1.75. The maximum Gasteiger partial charge on any atom is 0.185 e. The van der Waals surface area contributed by atoms with Crippen molar-refractivity contribution in [2.24, 2.45) is 16.5 Å². The molecule has 0 saturated heterocycles. The van der Waals surface area contributed by atoms with Crippen molar-refractivity contribution in [3.8, 4) is 0 Å². The molecule has 0 aromatic carbocycles. The van der Waals surface area contributed by atoms with Crippen molar-refractivity contribution in [1.82, 2.24) is 0 Å². The van der Waals surface area contributed by atoms with Gasteiger partial charge in [-0.1, -0.05) is 0 Å². The molecule has 0 atom stereocenters. The predicted molar refractivity (Wildman–Crippen MR) is 38.1 cm³/mol. The largest absolute Gasteiger partial charge is 0.394 e. The van der Waals surface area contributed by atoms with Crippen LogP contribution in [0.3, 0.4) is 0 Å². The summed E-state index contributed by atoms with van der Waals surface area (Å²) in [7, 11) is 0. The van der Waals surface area contributed by atoms with E-state index in [2.05, 4.69) is 4.99 Å². The van der Waals surface area contributed by atoms with Gasteiger partial charge in [-0.15, -0.1) is 17.0 Å². The van der Waals surface area contributed by atoms with Gasteiger partial charge in [0.15, 0.2) is 5.96 Å². The van der Waals surface area contributed by atoms with E-state index in [9.17, 15) is 0 Å². The Morgan fingerprint density at radius 3 is 2.12 bits per heavy atom. The summed E-state index contributed by atoms with van der Waals surface area (Å²) in [5, 5.41) is 8.10.